The third kappa shape index (κ3) is 3.78. The van der Waals surface area contributed by atoms with Gasteiger partial charge in [0.2, 0.25) is 10.0 Å². The number of benzene rings is 1. The molecule has 1 rings (SSSR count). The number of halogens is 1. The minimum Gasteiger partial charge on any atom is -0.258 e. The van der Waals surface area contributed by atoms with Crippen molar-refractivity contribution in [2.75, 3.05) is 13.6 Å². The summed E-state index contributed by atoms with van der Waals surface area (Å²) in [5, 5.41) is 10.7. The van der Waals surface area contributed by atoms with E-state index in [-0.39, 0.29) is 22.2 Å². The summed E-state index contributed by atoms with van der Waals surface area (Å²) in [4.78, 5) is 9.80. The lowest BCUT2D eigenvalue weighted by Crippen LogP contribution is -2.28. The Morgan fingerprint density at radius 2 is 2.15 bits per heavy atom. The largest absolute Gasteiger partial charge is 0.270 e. The van der Waals surface area contributed by atoms with Crippen LogP contribution in [0, 0.1) is 10.1 Å². The predicted octanol–water partition coefficient (Wildman–Crippen LogP) is 2.83. The molecule has 1 aromatic carbocycles. The smallest absolute Gasteiger partial charge is 0.258 e. The molecule has 0 spiro atoms. The normalized spacial score (nSPS) is 11.6. The number of allylic oxidation sites excluding steroid dienone is 1. The predicted molar refractivity (Wildman–Crippen MR) is 77.4 cm³/mol. The van der Waals surface area contributed by atoms with E-state index < -0.39 is 14.9 Å². The number of hydrogen-bond acceptors (Lipinski definition) is 4. The van der Waals surface area contributed by atoms with Crippen LogP contribution in [0.5, 0.6) is 0 Å². The summed E-state index contributed by atoms with van der Waals surface area (Å²) in [6.45, 7) is 3.84. The van der Waals surface area contributed by atoms with E-state index in [1.54, 1.807) is 6.08 Å². The van der Waals surface area contributed by atoms with Gasteiger partial charge in [0.25, 0.3) is 5.69 Å². The Morgan fingerprint density at radius 3 is 2.70 bits per heavy atom. The zero-order chi connectivity index (χ0) is 15.3. The highest BCUT2D eigenvalue weighted by Gasteiger charge is 2.25. The second-order valence-corrected chi connectivity index (χ2v) is 6.55. The fourth-order valence-corrected chi connectivity index (χ4v) is 3.25. The molecule has 0 aliphatic heterocycles. The summed E-state index contributed by atoms with van der Waals surface area (Å²) in [5.74, 6) is 0. The third-order valence-corrected chi connectivity index (χ3v) is 5.03. The monoisotopic (exact) mass is 318 g/mol. The van der Waals surface area contributed by atoms with E-state index in [0.717, 1.165) is 10.4 Å². The van der Waals surface area contributed by atoms with Crippen LogP contribution in [0.15, 0.2) is 35.7 Å². The highest BCUT2D eigenvalue weighted by atomic mass is 35.5. The van der Waals surface area contributed by atoms with Gasteiger partial charge >= 0.3 is 0 Å². The molecule has 110 valence electrons. The van der Waals surface area contributed by atoms with Crippen LogP contribution in [-0.4, -0.2) is 31.2 Å². The van der Waals surface area contributed by atoms with E-state index in [1.165, 1.54) is 19.2 Å². The number of nitro groups is 1. The Bertz CT molecular complexity index is 616. The van der Waals surface area contributed by atoms with Gasteiger partial charge in [-0.25, -0.2) is 12.7 Å². The molecule has 0 N–H and O–H groups in total. The number of non-ortho nitro benzene ring substituents is 1. The Labute approximate surface area is 122 Å². The second kappa shape index (κ2) is 6.83. The van der Waals surface area contributed by atoms with Crippen LogP contribution in [0.3, 0.4) is 0 Å². The Kier molecular flexibility index (Phi) is 5.67. The first-order valence-corrected chi connectivity index (χ1v) is 7.63. The molecule has 0 atom stereocenters. The van der Waals surface area contributed by atoms with Gasteiger partial charge in [0.1, 0.15) is 4.90 Å². The maximum atomic E-state index is 12.3. The number of hydrogen-bond donors (Lipinski definition) is 0. The van der Waals surface area contributed by atoms with Crippen LogP contribution in [0.25, 0.3) is 0 Å². The molecular weight excluding hydrogens is 304 g/mol. The quantitative estimate of drug-likeness (QED) is 0.335. The Morgan fingerprint density at radius 1 is 1.50 bits per heavy atom. The van der Waals surface area contributed by atoms with Crippen LogP contribution in [0.1, 0.15) is 12.8 Å². The number of sulfonamides is 1. The van der Waals surface area contributed by atoms with Crippen molar-refractivity contribution in [2.24, 2.45) is 0 Å². The van der Waals surface area contributed by atoms with Crippen molar-refractivity contribution in [3.05, 3.63) is 46.0 Å². The second-order valence-electron chi connectivity index (χ2n) is 4.13. The van der Waals surface area contributed by atoms with Crippen LogP contribution < -0.4 is 0 Å². The van der Waals surface area contributed by atoms with Crippen LogP contribution in [-0.2, 0) is 10.0 Å². The summed E-state index contributed by atoms with van der Waals surface area (Å²) >= 11 is 5.85. The molecule has 0 aliphatic carbocycles. The van der Waals surface area contributed by atoms with Crippen molar-refractivity contribution in [1.82, 2.24) is 4.31 Å². The van der Waals surface area contributed by atoms with Gasteiger partial charge in [0.05, 0.1) is 9.95 Å². The van der Waals surface area contributed by atoms with Crippen LogP contribution in [0.4, 0.5) is 5.69 Å². The average Bonchev–Trinajstić information content (AvgIpc) is 2.38. The number of rotatable bonds is 7. The van der Waals surface area contributed by atoms with Crippen molar-refractivity contribution in [3.8, 4) is 0 Å². The van der Waals surface area contributed by atoms with Gasteiger partial charge in [0.15, 0.2) is 0 Å². The summed E-state index contributed by atoms with van der Waals surface area (Å²) in [5.41, 5.74) is -0.313. The zero-order valence-corrected chi connectivity index (χ0v) is 12.5. The Balaban J connectivity index is 3.11. The van der Waals surface area contributed by atoms with E-state index in [1.807, 2.05) is 0 Å². The molecule has 0 aliphatic rings. The fourth-order valence-electron chi connectivity index (χ4n) is 1.55. The molecule has 0 amide bonds. The first kappa shape index (κ1) is 16.6. The van der Waals surface area contributed by atoms with Crippen LogP contribution in [0.2, 0.25) is 5.02 Å². The summed E-state index contributed by atoms with van der Waals surface area (Å²) in [6.07, 6.45) is 3.00. The number of nitro benzene ring substituents is 1. The van der Waals surface area contributed by atoms with Gasteiger partial charge in [-0.05, 0) is 18.9 Å². The maximum Gasteiger partial charge on any atom is 0.270 e. The molecule has 0 saturated heterocycles. The Hall–Kier alpha value is -1.44. The summed E-state index contributed by atoms with van der Waals surface area (Å²) < 4.78 is 25.8. The molecule has 0 bridgehead atoms. The van der Waals surface area contributed by atoms with Gasteiger partial charge in [-0.2, -0.15) is 0 Å². The van der Waals surface area contributed by atoms with E-state index in [2.05, 4.69) is 6.58 Å². The minimum absolute atomic E-state index is 0.0360. The molecule has 0 radical (unpaired) electrons. The van der Waals surface area contributed by atoms with Crippen molar-refractivity contribution >= 4 is 27.3 Å². The lowest BCUT2D eigenvalue weighted by atomic mass is 10.3. The first-order chi connectivity index (χ1) is 9.30. The molecule has 1 aromatic rings. The van der Waals surface area contributed by atoms with Gasteiger partial charge in [0, 0.05) is 25.7 Å². The molecule has 0 fully saturated rings. The summed E-state index contributed by atoms with van der Waals surface area (Å²) in [7, 11) is -2.43. The molecule has 6 nitrogen and oxygen atoms in total. The third-order valence-electron chi connectivity index (χ3n) is 2.70. The van der Waals surface area contributed by atoms with Crippen molar-refractivity contribution < 1.29 is 13.3 Å². The van der Waals surface area contributed by atoms with Gasteiger partial charge < -0.3 is 0 Å². The first-order valence-electron chi connectivity index (χ1n) is 5.82. The van der Waals surface area contributed by atoms with E-state index in [9.17, 15) is 18.5 Å². The fraction of sp³-hybridized carbons (Fsp3) is 0.333. The van der Waals surface area contributed by atoms with Gasteiger partial charge in [-0.1, -0.05) is 17.7 Å². The summed E-state index contributed by atoms with van der Waals surface area (Å²) in [6, 6.07) is 3.35. The molecule has 0 heterocycles. The number of unbranched alkanes of at least 4 members (excludes halogenated alkanes) is 1. The standard InChI is InChI=1S/C12H15ClN2O4S/c1-3-4-5-8-14(2)20(18,19)12-9-10(15(16)17)6-7-11(12)13/h3,6-7,9H,1,4-5,8H2,2H3. The van der Waals surface area contributed by atoms with E-state index >= 15 is 0 Å². The highest BCUT2D eigenvalue weighted by Crippen LogP contribution is 2.28. The van der Waals surface area contributed by atoms with Crippen molar-refractivity contribution in [3.63, 3.8) is 0 Å². The average molecular weight is 319 g/mol. The lowest BCUT2D eigenvalue weighted by molar-refractivity contribution is -0.385. The zero-order valence-electron chi connectivity index (χ0n) is 11.0. The van der Waals surface area contributed by atoms with E-state index in [0.29, 0.717) is 12.8 Å². The molecule has 0 saturated carbocycles. The maximum absolute atomic E-state index is 12.3. The number of nitrogens with zero attached hydrogens (tertiary/aromatic N) is 2. The lowest BCUT2D eigenvalue weighted by Gasteiger charge is -2.17. The SMILES string of the molecule is C=CCCCN(C)S(=O)(=O)c1cc([N+](=O)[O-])ccc1Cl. The van der Waals surface area contributed by atoms with Gasteiger partial charge in [-0.15, -0.1) is 6.58 Å². The topological polar surface area (TPSA) is 80.5 Å². The molecule has 8 heteroatoms. The van der Waals surface area contributed by atoms with Gasteiger partial charge in [-0.3, -0.25) is 10.1 Å². The van der Waals surface area contributed by atoms with Crippen LogP contribution >= 0.6 is 11.6 Å². The van der Waals surface area contributed by atoms with E-state index in [4.69, 9.17) is 11.6 Å². The van der Waals surface area contributed by atoms with Crippen molar-refractivity contribution in [1.29, 1.82) is 0 Å². The molecule has 0 aromatic heterocycles. The highest BCUT2D eigenvalue weighted by molar-refractivity contribution is 7.89. The van der Waals surface area contributed by atoms with Crippen molar-refractivity contribution in [2.45, 2.75) is 17.7 Å². The molecule has 0 unspecified atom stereocenters. The molecule has 20 heavy (non-hydrogen) atoms. The minimum atomic E-state index is -3.84. The molecular formula is C12H15ClN2O4S.